The van der Waals surface area contributed by atoms with Gasteiger partial charge in [0.1, 0.15) is 11.3 Å². The van der Waals surface area contributed by atoms with Crippen molar-refractivity contribution in [1.82, 2.24) is 9.29 Å². The lowest BCUT2D eigenvalue weighted by molar-refractivity contribution is 0.102. The number of ether oxygens (including phenoxy) is 1. The molecule has 0 saturated carbocycles. The van der Waals surface area contributed by atoms with Gasteiger partial charge in [-0.25, -0.2) is 8.42 Å². The van der Waals surface area contributed by atoms with Gasteiger partial charge in [-0.2, -0.15) is 4.31 Å². The van der Waals surface area contributed by atoms with Crippen LogP contribution in [0.2, 0.25) is 0 Å². The van der Waals surface area contributed by atoms with Crippen molar-refractivity contribution in [2.75, 3.05) is 25.5 Å². The third-order valence-corrected chi connectivity index (χ3v) is 7.07. The first-order valence-corrected chi connectivity index (χ1v) is 11.0. The third-order valence-electron chi connectivity index (χ3n) is 5.16. The highest BCUT2D eigenvalue weighted by Crippen LogP contribution is 2.23. The molecule has 0 aliphatic carbocycles. The number of hydrogen-bond donors (Lipinski definition) is 2. The molecule has 0 atom stereocenters. The molecule has 0 spiro atoms. The molecule has 156 valence electrons. The molecule has 1 saturated heterocycles. The van der Waals surface area contributed by atoms with E-state index in [0.717, 1.165) is 12.8 Å². The number of rotatable bonds is 5. The van der Waals surface area contributed by atoms with Crippen LogP contribution in [0.1, 0.15) is 23.2 Å². The highest BCUT2D eigenvalue weighted by molar-refractivity contribution is 7.89. The summed E-state index contributed by atoms with van der Waals surface area (Å²) in [7, 11) is -2.02. The lowest BCUT2D eigenvalue weighted by Crippen LogP contribution is -2.27. The van der Waals surface area contributed by atoms with Gasteiger partial charge in [-0.05, 0) is 49.2 Å². The number of anilines is 1. The van der Waals surface area contributed by atoms with Crippen LogP contribution in [0.5, 0.6) is 5.75 Å². The van der Waals surface area contributed by atoms with Crippen LogP contribution in [-0.2, 0) is 10.0 Å². The van der Waals surface area contributed by atoms with Crippen molar-refractivity contribution in [2.45, 2.75) is 17.7 Å². The van der Waals surface area contributed by atoms with E-state index in [2.05, 4.69) is 10.3 Å². The van der Waals surface area contributed by atoms with Crippen molar-refractivity contribution in [1.29, 1.82) is 0 Å². The van der Waals surface area contributed by atoms with Gasteiger partial charge in [0.2, 0.25) is 15.5 Å². The number of carbonyl (C=O) groups is 1. The Hall–Kier alpha value is -3.17. The third kappa shape index (κ3) is 3.57. The van der Waals surface area contributed by atoms with Crippen molar-refractivity contribution in [3.05, 3.63) is 64.4 Å². The number of pyridine rings is 1. The Kier molecular flexibility index (Phi) is 5.31. The molecule has 2 N–H and O–H groups in total. The number of sulfonamides is 1. The average molecular weight is 427 g/mol. The van der Waals surface area contributed by atoms with Crippen LogP contribution < -0.4 is 15.5 Å². The summed E-state index contributed by atoms with van der Waals surface area (Å²) in [5.41, 5.74) is 0.432. The fourth-order valence-corrected chi connectivity index (χ4v) is 5.07. The molecule has 8 nitrogen and oxygen atoms in total. The number of carbonyl (C=O) groups excluding carboxylic acids is 1. The Bertz CT molecular complexity index is 1260. The van der Waals surface area contributed by atoms with Crippen molar-refractivity contribution in [2.24, 2.45) is 0 Å². The first-order chi connectivity index (χ1) is 14.4. The van der Waals surface area contributed by atoms with Crippen molar-refractivity contribution in [3.63, 3.8) is 0 Å². The molecule has 2 aromatic carbocycles. The lowest BCUT2D eigenvalue weighted by atomic mass is 10.1. The van der Waals surface area contributed by atoms with E-state index in [9.17, 15) is 18.0 Å². The second-order valence-corrected chi connectivity index (χ2v) is 8.94. The van der Waals surface area contributed by atoms with Gasteiger partial charge in [0.15, 0.2) is 0 Å². The standard InChI is InChI=1S/C21H21N3O5S/c1-29-18-6-4-5-16-19(18)22-13-17(20(16)25)21(26)23-14-7-9-15(10-8-14)30(27,28)24-11-2-3-12-24/h4-10,13H,2-3,11-12H2,1H3,(H,22,25)(H,23,26). The van der Waals surface area contributed by atoms with E-state index in [1.165, 1.54) is 41.9 Å². The molecule has 1 fully saturated rings. The number of H-pyrrole nitrogens is 1. The number of amides is 1. The number of aromatic amines is 1. The summed E-state index contributed by atoms with van der Waals surface area (Å²) in [6, 6.07) is 11.0. The molecule has 1 aromatic heterocycles. The van der Waals surface area contributed by atoms with Gasteiger partial charge in [-0.3, -0.25) is 9.59 Å². The molecule has 0 unspecified atom stereocenters. The molecule has 0 bridgehead atoms. The largest absolute Gasteiger partial charge is 0.495 e. The van der Waals surface area contributed by atoms with Crippen molar-refractivity contribution < 1.29 is 17.9 Å². The zero-order valence-corrected chi connectivity index (χ0v) is 17.2. The highest BCUT2D eigenvalue weighted by atomic mass is 32.2. The Labute approximate surface area is 173 Å². The van der Waals surface area contributed by atoms with Gasteiger partial charge in [0, 0.05) is 25.0 Å². The number of fused-ring (bicyclic) bond motifs is 1. The SMILES string of the molecule is COc1cccc2c(=O)c(C(=O)Nc3ccc(S(=O)(=O)N4CCCC4)cc3)c[nH]c12. The minimum Gasteiger partial charge on any atom is -0.495 e. The number of hydrogen-bond acceptors (Lipinski definition) is 5. The van der Waals surface area contributed by atoms with E-state index in [4.69, 9.17) is 4.74 Å². The molecule has 1 aliphatic heterocycles. The van der Waals surface area contributed by atoms with Gasteiger partial charge in [0.25, 0.3) is 5.91 Å². The maximum atomic E-state index is 12.7. The summed E-state index contributed by atoms with van der Waals surface area (Å²) in [6.45, 7) is 1.05. The minimum absolute atomic E-state index is 0.0514. The Morgan fingerprint density at radius 1 is 1.10 bits per heavy atom. The fraction of sp³-hybridized carbons (Fsp3) is 0.238. The van der Waals surface area contributed by atoms with E-state index in [-0.39, 0.29) is 10.5 Å². The summed E-state index contributed by atoms with van der Waals surface area (Å²) in [6.07, 6.45) is 3.06. The zero-order valence-electron chi connectivity index (χ0n) is 16.3. The van der Waals surface area contributed by atoms with Crippen LogP contribution in [0.4, 0.5) is 5.69 Å². The Balaban J connectivity index is 1.57. The van der Waals surface area contributed by atoms with Crippen LogP contribution in [0.3, 0.4) is 0 Å². The minimum atomic E-state index is -3.52. The molecule has 9 heteroatoms. The first kappa shape index (κ1) is 20.1. The summed E-state index contributed by atoms with van der Waals surface area (Å²) >= 11 is 0. The van der Waals surface area contributed by atoms with Crippen LogP contribution in [0.25, 0.3) is 10.9 Å². The van der Waals surface area contributed by atoms with E-state index in [0.29, 0.717) is 35.4 Å². The second kappa shape index (κ2) is 7.92. The maximum Gasteiger partial charge on any atom is 0.261 e. The average Bonchev–Trinajstić information content (AvgIpc) is 3.30. The predicted molar refractivity (Wildman–Crippen MR) is 114 cm³/mol. The maximum absolute atomic E-state index is 12.7. The van der Waals surface area contributed by atoms with E-state index in [1.54, 1.807) is 18.2 Å². The Morgan fingerprint density at radius 2 is 1.80 bits per heavy atom. The van der Waals surface area contributed by atoms with Crippen LogP contribution in [0.15, 0.2) is 58.4 Å². The molecule has 0 radical (unpaired) electrons. The Morgan fingerprint density at radius 3 is 2.47 bits per heavy atom. The normalized spacial score (nSPS) is 14.7. The zero-order chi connectivity index (χ0) is 21.3. The number of benzene rings is 2. The van der Waals surface area contributed by atoms with E-state index in [1.807, 2.05) is 0 Å². The molecule has 4 rings (SSSR count). The topological polar surface area (TPSA) is 109 Å². The second-order valence-electron chi connectivity index (χ2n) is 7.00. The quantitative estimate of drug-likeness (QED) is 0.651. The molecular formula is C21H21N3O5S. The van der Waals surface area contributed by atoms with Crippen molar-refractivity contribution in [3.8, 4) is 5.75 Å². The first-order valence-electron chi connectivity index (χ1n) is 9.52. The van der Waals surface area contributed by atoms with Gasteiger partial charge >= 0.3 is 0 Å². The van der Waals surface area contributed by atoms with Gasteiger partial charge in [-0.15, -0.1) is 0 Å². The smallest absolute Gasteiger partial charge is 0.261 e. The lowest BCUT2D eigenvalue weighted by Gasteiger charge is -2.15. The van der Waals surface area contributed by atoms with E-state index < -0.39 is 21.4 Å². The number of aromatic nitrogens is 1. The van der Waals surface area contributed by atoms with Crippen LogP contribution >= 0.6 is 0 Å². The molecule has 3 aromatic rings. The van der Waals surface area contributed by atoms with E-state index >= 15 is 0 Å². The van der Waals surface area contributed by atoms with Crippen LogP contribution in [0, 0.1) is 0 Å². The number of methoxy groups -OCH3 is 1. The summed E-state index contributed by atoms with van der Waals surface area (Å²) in [5, 5.41) is 2.98. The predicted octanol–water partition coefficient (Wildman–Crippen LogP) is 2.57. The summed E-state index contributed by atoms with van der Waals surface area (Å²) < 4.78 is 31.9. The van der Waals surface area contributed by atoms with Crippen LogP contribution in [-0.4, -0.2) is 43.8 Å². The van der Waals surface area contributed by atoms with Crippen molar-refractivity contribution >= 4 is 32.5 Å². The number of para-hydroxylation sites is 1. The van der Waals surface area contributed by atoms with Gasteiger partial charge < -0.3 is 15.0 Å². The number of nitrogens with one attached hydrogen (secondary N) is 2. The molecule has 2 heterocycles. The summed E-state index contributed by atoms with van der Waals surface area (Å²) in [5.74, 6) is -0.0810. The van der Waals surface area contributed by atoms with Gasteiger partial charge in [0.05, 0.1) is 22.9 Å². The number of nitrogens with zero attached hydrogens (tertiary/aromatic N) is 1. The highest BCUT2D eigenvalue weighted by Gasteiger charge is 2.27. The molecule has 30 heavy (non-hydrogen) atoms. The molecule has 1 amide bonds. The summed E-state index contributed by atoms with van der Waals surface area (Å²) in [4.78, 5) is 28.5. The fourth-order valence-electron chi connectivity index (χ4n) is 3.55. The monoisotopic (exact) mass is 427 g/mol. The molecular weight excluding hydrogens is 406 g/mol. The molecule has 1 aliphatic rings. The van der Waals surface area contributed by atoms with Gasteiger partial charge in [-0.1, -0.05) is 6.07 Å².